The monoisotopic (exact) mass is 313 g/mol. The van der Waals surface area contributed by atoms with Gasteiger partial charge in [-0.3, -0.25) is 4.68 Å². The molecule has 0 saturated heterocycles. The molecule has 2 heterocycles. The first kappa shape index (κ1) is 15.4. The van der Waals surface area contributed by atoms with E-state index in [4.69, 9.17) is 11.6 Å². The zero-order valence-corrected chi connectivity index (χ0v) is 13.6. The van der Waals surface area contributed by atoms with Crippen LogP contribution in [0, 0.1) is 0 Å². The van der Waals surface area contributed by atoms with Crippen LogP contribution in [0.5, 0.6) is 0 Å². The molecule has 0 radical (unpaired) electrons. The fourth-order valence-electron chi connectivity index (χ4n) is 2.04. The van der Waals surface area contributed by atoms with Crippen molar-refractivity contribution in [3.63, 3.8) is 0 Å². The maximum atomic E-state index is 6.35. The number of likely N-dealkylation sites (N-methyl/N-ethyl adjacent to an activating group) is 1. The van der Waals surface area contributed by atoms with Gasteiger partial charge < -0.3 is 10.2 Å². The summed E-state index contributed by atoms with van der Waals surface area (Å²) >= 11 is 7.94. The Bertz CT molecular complexity index is 523. The molecule has 0 bridgehead atoms. The quantitative estimate of drug-likeness (QED) is 0.851. The average molecular weight is 314 g/mol. The first-order valence-electron chi connectivity index (χ1n) is 6.60. The summed E-state index contributed by atoms with van der Waals surface area (Å²) in [5.74, 6) is 0. The maximum Gasteiger partial charge on any atom is 0.0945 e. The predicted octanol–water partition coefficient (Wildman–Crippen LogP) is 2.25. The molecule has 2 aromatic heterocycles. The van der Waals surface area contributed by atoms with Crippen molar-refractivity contribution in [2.45, 2.75) is 19.5 Å². The molecule has 1 atom stereocenters. The van der Waals surface area contributed by atoms with E-state index in [0.29, 0.717) is 5.02 Å². The summed E-state index contributed by atoms with van der Waals surface area (Å²) in [6, 6.07) is -0.0107. The predicted molar refractivity (Wildman–Crippen MR) is 83.4 cm³/mol. The molecule has 2 rings (SSSR count). The molecular formula is C13H20ClN5S. The van der Waals surface area contributed by atoms with Crippen molar-refractivity contribution in [1.82, 2.24) is 25.0 Å². The Hall–Kier alpha value is -0.950. The molecule has 0 aromatic carbocycles. The van der Waals surface area contributed by atoms with Crippen LogP contribution in [0.25, 0.3) is 0 Å². The molecule has 1 N–H and O–H groups in total. The Morgan fingerprint density at radius 1 is 1.50 bits per heavy atom. The Balaban J connectivity index is 2.30. The van der Waals surface area contributed by atoms with Gasteiger partial charge in [0.05, 0.1) is 40.7 Å². The Kier molecular flexibility index (Phi) is 5.54. The fraction of sp³-hybridized carbons (Fsp3) is 0.538. The second kappa shape index (κ2) is 7.17. The molecular weight excluding hydrogens is 294 g/mol. The number of nitrogens with one attached hydrogen (secondary N) is 1. The van der Waals surface area contributed by atoms with Crippen molar-refractivity contribution in [3.8, 4) is 0 Å². The summed E-state index contributed by atoms with van der Waals surface area (Å²) in [7, 11) is 4.10. The van der Waals surface area contributed by atoms with Crippen LogP contribution in [0.15, 0.2) is 17.1 Å². The minimum atomic E-state index is -0.0107. The Morgan fingerprint density at radius 2 is 2.30 bits per heavy atom. The summed E-state index contributed by atoms with van der Waals surface area (Å²) in [5, 5.41) is 10.6. The van der Waals surface area contributed by atoms with E-state index < -0.39 is 0 Å². The summed E-state index contributed by atoms with van der Waals surface area (Å²) in [4.78, 5) is 6.54. The summed E-state index contributed by atoms with van der Waals surface area (Å²) < 4.78 is 1.97. The third kappa shape index (κ3) is 3.58. The molecule has 0 aliphatic rings. The number of halogens is 1. The number of hydrogen-bond donors (Lipinski definition) is 1. The number of nitrogens with zero attached hydrogens (tertiary/aromatic N) is 4. The van der Waals surface area contributed by atoms with Crippen LogP contribution < -0.4 is 5.32 Å². The second-order valence-electron chi connectivity index (χ2n) is 4.81. The molecule has 0 aliphatic carbocycles. The lowest BCUT2D eigenvalue weighted by atomic mass is 10.1. The van der Waals surface area contributed by atoms with Gasteiger partial charge in [0.15, 0.2) is 0 Å². The van der Waals surface area contributed by atoms with E-state index in [1.807, 2.05) is 29.7 Å². The minimum Gasteiger partial charge on any atom is -0.308 e. The standard InChI is InChI=1S/C13H20ClN5S/c1-4-15-12(11-8-20-9-16-11)13-10(14)7-17-19(13)6-5-18(2)3/h7-9,12,15H,4-6H2,1-3H3. The molecule has 0 fully saturated rings. The topological polar surface area (TPSA) is 46.0 Å². The van der Waals surface area contributed by atoms with Crippen LogP contribution in [0.2, 0.25) is 5.02 Å². The molecule has 0 spiro atoms. The highest BCUT2D eigenvalue weighted by molar-refractivity contribution is 7.07. The van der Waals surface area contributed by atoms with E-state index in [2.05, 4.69) is 27.2 Å². The maximum absolute atomic E-state index is 6.35. The van der Waals surface area contributed by atoms with Crippen LogP contribution in [-0.4, -0.2) is 46.8 Å². The van der Waals surface area contributed by atoms with Crippen LogP contribution in [-0.2, 0) is 6.54 Å². The first-order valence-corrected chi connectivity index (χ1v) is 7.93. The highest BCUT2D eigenvalue weighted by Crippen LogP contribution is 2.28. The SMILES string of the molecule is CCNC(c1cscn1)c1c(Cl)cnn1CCN(C)C. The van der Waals surface area contributed by atoms with E-state index in [-0.39, 0.29) is 6.04 Å². The highest BCUT2D eigenvalue weighted by Gasteiger charge is 2.22. The van der Waals surface area contributed by atoms with Crippen molar-refractivity contribution in [2.24, 2.45) is 0 Å². The van der Waals surface area contributed by atoms with Crippen LogP contribution in [0.1, 0.15) is 24.4 Å². The van der Waals surface area contributed by atoms with Crippen molar-refractivity contribution in [1.29, 1.82) is 0 Å². The zero-order valence-electron chi connectivity index (χ0n) is 12.0. The molecule has 2 aromatic rings. The van der Waals surface area contributed by atoms with Crippen molar-refractivity contribution in [2.75, 3.05) is 27.2 Å². The number of thiazole rings is 1. The number of hydrogen-bond acceptors (Lipinski definition) is 5. The largest absolute Gasteiger partial charge is 0.308 e. The summed E-state index contributed by atoms with van der Waals surface area (Å²) in [6.07, 6.45) is 1.71. The highest BCUT2D eigenvalue weighted by atomic mass is 35.5. The van der Waals surface area contributed by atoms with Gasteiger partial charge in [0.25, 0.3) is 0 Å². The number of aromatic nitrogens is 3. The van der Waals surface area contributed by atoms with Crippen LogP contribution in [0.4, 0.5) is 0 Å². The van der Waals surface area contributed by atoms with Gasteiger partial charge in [0, 0.05) is 11.9 Å². The van der Waals surface area contributed by atoms with E-state index in [9.17, 15) is 0 Å². The molecule has 1 unspecified atom stereocenters. The lowest BCUT2D eigenvalue weighted by Crippen LogP contribution is -2.27. The van der Waals surface area contributed by atoms with Gasteiger partial charge >= 0.3 is 0 Å². The van der Waals surface area contributed by atoms with Crippen molar-refractivity contribution >= 4 is 22.9 Å². The normalized spacial score (nSPS) is 13.1. The van der Waals surface area contributed by atoms with Crippen LogP contribution in [0.3, 0.4) is 0 Å². The van der Waals surface area contributed by atoms with Gasteiger partial charge in [-0.05, 0) is 20.6 Å². The van der Waals surface area contributed by atoms with Gasteiger partial charge in [-0.1, -0.05) is 18.5 Å². The Morgan fingerprint density at radius 3 is 2.90 bits per heavy atom. The average Bonchev–Trinajstić information content (AvgIpc) is 3.04. The van der Waals surface area contributed by atoms with Gasteiger partial charge in [0.2, 0.25) is 0 Å². The third-order valence-electron chi connectivity index (χ3n) is 3.02. The van der Waals surface area contributed by atoms with E-state index in [1.165, 1.54) is 0 Å². The third-order valence-corrected chi connectivity index (χ3v) is 3.92. The second-order valence-corrected chi connectivity index (χ2v) is 5.93. The molecule has 0 aliphatic heterocycles. The van der Waals surface area contributed by atoms with Gasteiger partial charge in [-0.25, -0.2) is 4.98 Å². The molecule has 20 heavy (non-hydrogen) atoms. The zero-order chi connectivity index (χ0) is 14.5. The Labute approximate surface area is 128 Å². The molecule has 5 nitrogen and oxygen atoms in total. The molecule has 110 valence electrons. The molecule has 0 amide bonds. The lowest BCUT2D eigenvalue weighted by Gasteiger charge is -2.19. The van der Waals surface area contributed by atoms with Crippen molar-refractivity contribution in [3.05, 3.63) is 33.5 Å². The van der Waals surface area contributed by atoms with Gasteiger partial charge in [-0.2, -0.15) is 5.10 Å². The summed E-state index contributed by atoms with van der Waals surface area (Å²) in [6.45, 7) is 4.65. The van der Waals surface area contributed by atoms with Crippen LogP contribution >= 0.6 is 22.9 Å². The lowest BCUT2D eigenvalue weighted by molar-refractivity contribution is 0.365. The van der Waals surface area contributed by atoms with Gasteiger partial charge in [-0.15, -0.1) is 11.3 Å². The van der Waals surface area contributed by atoms with E-state index in [1.54, 1.807) is 17.5 Å². The van der Waals surface area contributed by atoms with Gasteiger partial charge in [0.1, 0.15) is 0 Å². The summed E-state index contributed by atoms with van der Waals surface area (Å²) in [5.41, 5.74) is 3.82. The smallest absolute Gasteiger partial charge is 0.0945 e. The number of rotatable bonds is 7. The molecule has 0 saturated carbocycles. The minimum absolute atomic E-state index is 0.0107. The van der Waals surface area contributed by atoms with E-state index in [0.717, 1.165) is 31.0 Å². The van der Waals surface area contributed by atoms with E-state index >= 15 is 0 Å². The molecule has 7 heteroatoms. The fourth-order valence-corrected chi connectivity index (χ4v) is 2.87. The van der Waals surface area contributed by atoms with Crippen molar-refractivity contribution < 1.29 is 0 Å². The first-order chi connectivity index (χ1) is 9.63.